The summed E-state index contributed by atoms with van der Waals surface area (Å²) in [6.07, 6.45) is 0.482. The second kappa shape index (κ2) is 8.16. The molecule has 0 saturated carbocycles. The first kappa shape index (κ1) is 20.3. The topological polar surface area (TPSA) is 93.4 Å². The summed E-state index contributed by atoms with van der Waals surface area (Å²) in [4.78, 5) is 22.4. The Morgan fingerprint density at radius 1 is 1.00 bits per heavy atom. The minimum absolute atomic E-state index is 0.0209. The number of amides is 1. The number of aromatic nitrogens is 2. The van der Waals surface area contributed by atoms with Gasteiger partial charge in [-0.2, -0.15) is 9.37 Å². The van der Waals surface area contributed by atoms with Crippen molar-refractivity contribution in [2.24, 2.45) is 0 Å². The van der Waals surface area contributed by atoms with E-state index in [0.717, 1.165) is 18.8 Å². The standard InChI is InChI=1S/C23H21F2N5O2/c24-17-12-15(11-14-5-6-27-23(31)18(14)17)20-22(26)29-21(25)19(28-20)13-1-3-16(4-2-13)30-7-9-32-10-8-30/h1-4,11-12H,5-10H2,(H2,26,29)(H,27,31). The molecule has 1 amide bonds. The van der Waals surface area contributed by atoms with Crippen LogP contribution in [-0.4, -0.2) is 48.7 Å². The first-order valence-electron chi connectivity index (χ1n) is 10.4. The van der Waals surface area contributed by atoms with E-state index in [0.29, 0.717) is 42.9 Å². The van der Waals surface area contributed by atoms with Crippen molar-refractivity contribution in [2.45, 2.75) is 6.42 Å². The van der Waals surface area contributed by atoms with Gasteiger partial charge in [0.25, 0.3) is 5.91 Å². The molecule has 9 heteroatoms. The lowest BCUT2D eigenvalue weighted by atomic mass is 9.96. The number of ether oxygens (including phenoxy) is 1. The molecule has 0 atom stereocenters. The zero-order chi connectivity index (χ0) is 22.2. The van der Waals surface area contributed by atoms with E-state index >= 15 is 0 Å². The number of morpholine rings is 1. The molecule has 2 aromatic carbocycles. The molecule has 1 saturated heterocycles. The Hall–Kier alpha value is -3.59. The van der Waals surface area contributed by atoms with E-state index in [-0.39, 0.29) is 22.8 Å². The van der Waals surface area contributed by atoms with Crippen molar-refractivity contribution in [2.75, 3.05) is 43.5 Å². The minimum Gasteiger partial charge on any atom is -0.382 e. The Labute approximate surface area is 183 Å². The number of hydrogen-bond acceptors (Lipinski definition) is 6. The number of carbonyl (C=O) groups excluding carboxylic acids is 1. The van der Waals surface area contributed by atoms with Gasteiger partial charge in [-0.3, -0.25) is 4.79 Å². The van der Waals surface area contributed by atoms with Gasteiger partial charge in [0.2, 0.25) is 5.95 Å². The number of fused-ring (bicyclic) bond motifs is 1. The van der Waals surface area contributed by atoms with Gasteiger partial charge in [0.15, 0.2) is 5.82 Å². The van der Waals surface area contributed by atoms with Crippen molar-refractivity contribution < 1.29 is 18.3 Å². The van der Waals surface area contributed by atoms with Crippen molar-refractivity contribution in [1.29, 1.82) is 0 Å². The largest absolute Gasteiger partial charge is 0.382 e. The fraction of sp³-hybridized carbons (Fsp3) is 0.261. The van der Waals surface area contributed by atoms with Crippen molar-refractivity contribution in [3.05, 3.63) is 59.3 Å². The van der Waals surface area contributed by atoms with Crippen LogP contribution in [0.4, 0.5) is 20.3 Å². The van der Waals surface area contributed by atoms with E-state index in [2.05, 4.69) is 20.2 Å². The summed E-state index contributed by atoms with van der Waals surface area (Å²) < 4.78 is 34.7. The summed E-state index contributed by atoms with van der Waals surface area (Å²) >= 11 is 0. The van der Waals surface area contributed by atoms with Crippen LogP contribution in [-0.2, 0) is 11.2 Å². The summed E-state index contributed by atoms with van der Waals surface area (Å²) in [7, 11) is 0. The van der Waals surface area contributed by atoms with Gasteiger partial charge in [0.05, 0.1) is 18.8 Å². The molecule has 164 valence electrons. The molecule has 32 heavy (non-hydrogen) atoms. The lowest BCUT2D eigenvalue weighted by molar-refractivity contribution is 0.0941. The second-order valence-corrected chi connectivity index (χ2v) is 7.74. The summed E-state index contributed by atoms with van der Waals surface area (Å²) in [5.41, 5.74) is 8.62. The molecule has 1 fully saturated rings. The SMILES string of the molecule is Nc1nc(F)c(-c2ccc(N3CCOCC3)cc2)nc1-c1cc(F)c2c(c1)CCNC2=O. The molecule has 2 aliphatic rings. The summed E-state index contributed by atoms with van der Waals surface area (Å²) in [6.45, 7) is 3.34. The van der Waals surface area contributed by atoms with Gasteiger partial charge in [0, 0.05) is 36.4 Å². The van der Waals surface area contributed by atoms with Crippen LogP contribution in [0, 0.1) is 11.8 Å². The van der Waals surface area contributed by atoms with Gasteiger partial charge in [-0.25, -0.2) is 9.37 Å². The Morgan fingerprint density at radius 3 is 2.50 bits per heavy atom. The molecule has 0 spiro atoms. The van der Waals surface area contributed by atoms with E-state index in [1.807, 2.05) is 12.1 Å². The molecule has 3 heterocycles. The third kappa shape index (κ3) is 3.64. The molecule has 1 aromatic heterocycles. The number of anilines is 2. The number of halogens is 2. The zero-order valence-electron chi connectivity index (χ0n) is 17.2. The van der Waals surface area contributed by atoms with Crippen LogP contribution in [0.25, 0.3) is 22.5 Å². The molecule has 3 N–H and O–H groups in total. The highest BCUT2D eigenvalue weighted by Gasteiger charge is 2.24. The number of nitrogen functional groups attached to an aromatic ring is 1. The lowest BCUT2D eigenvalue weighted by Crippen LogP contribution is -2.36. The fourth-order valence-electron chi connectivity index (χ4n) is 4.13. The molecule has 0 unspecified atom stereocenters. The fourth-order valence-corrected chi connectivity index (χ4v) is 4.13. The van der Waals surface area contributed by atoms with Gasteiger partial charge < -0.3 is 20.7 Å². The highest BCUT2D eigenvalue weighted by Crippen LogP contribution is 2.32. The Morgan fingerprint density at radius 2 is 1.75 bits per heavy atom. The van der Waals surface area contributed by atoms with Crippen molar-refractivity contribution in [3.63, 3.8) is 0 Å². The first-order valence-corrected chi connectivity index (χ1v) is 10.4. The predicted molar refractivity (Wildman–Crippen MR) is 116 cm³/mol. The molecule has 5 rings (SSSR count). The van der Waals surface area contributed by atoms with E-state index in [4.69, 9.17) is 10.5 Å². The molecule has 0 aliphatic carbocycles. The maximum Gasteiger partial charge on any atom is 0.254 e. The molecular weight excluding hydrogens is 416 g/mol. The molecule has 2 aliphatic heterocycles. The van der Waals surface area contributed by atoms with Crippen molar-refractivity contribution >= 4 is 17.4 Å². The number of carbonyl (C=O) groups is 1. The van der Waals surface area contributed by atoms with Gasteiger partial charge in [-0.05, 0) is 36.2 Å². The number of benzene rings is 2. The van der Waals surface area contributed by atoms with Crippen LogP contribution in [0.1, 0.15) is 15.9 Å². The average Bonchev–Trinajstić information content (AvgIpc) is 2.80. The van der Waals surface area contributed by atoms with Crippen LogP contribution in [0.5, 0.6) is 0 Å². The van der Waals surface area contributed by atoms with E-state index in [1.54, 1.807) is 18.2 Å². The molecule has 3 aromatic rings. The highest BCUT2D eigenvalue weighted by molar-refractivity contribution is 5.97. The summed E-state index contributed by atoms with van der Waals surface area (Å²) in [5.74, 6) is -2.06. The molecule has 0 radical (unpaired) electrons. The van der Waals surface area contributed by atoms with Crippen molar-refractivity contribution in [3.8, 4) is 22.5 Å². The van der Waals surface area contributed by atoms with E-state index in [9.17, 15) is 13.6 Å². The number of hydrogen-bond donors (Lipinski definition) is 2. The van der Waals surface area contributed by atoms with Crippen LogP contribution in [0.15, 0.2) is 36.4 Å². The Balaban J connectivity index is 1.53. The smallest absolute Gasteiger partial charge is 0.254 e. The van der Waals surface area contributed by atoms with Crippen LogP contribution < -0.4 is 16.0 Å². The number of rotatable bonds is 3. The quantitative estimate of drug-likeness (QED) is 0.655. The van der Waals surface area contributed by atoms with Crippen LogP contribution in [0.3, 0.4) is 0 Å². The molecular formula is C23H21F2N5O2. The van der Waals surface area contributed by atoms with Crippen molar-refractivity contribution in [1.82, 2.24) is 15.3 Å². The van der Waals surface area contributed by atoms with Gasteiger partial charge in [0.1, 0.15) is 17.2 Å². The Bertz CT molecular complexity index is 1190. The molecule has 0 bridgehead atoms. The third-order valence-electron chi connectivity index (χ3n) is 5.75. The zero-order valence-corrected chi connectivity index (χ0v) is 17.2. The lowest BCUT2D eigenvalue weighted by Gasteiger charge is -2.28. The summed E-state index contributed by atoms with van der Waals surface area (Å²) in [6, 6.07) is 10.2. The van der Waals surface area contributed by atoms with Gasteiger partial charge in [-0.15, -0.1) is 0 Å². The Kier molecular flexibility index (Phi) is 5.18. The molecule has 7 nitrogen and oxygen atoms in total. The van der Waals surface area contributed by atoms with E-state index in [1.165, 1.54) is 6.07 Å². The van der Waals surface area contributed by atoms with E-state index < -0.39 is 17.7 Å². The minimum atomic E-state index is -0.803. The normalized spacial score (nSPS) is 15.9. The third-order valence-corrected chi connectivity index (χ3v) is 5.75. The summed E-state index contributed by atoms with van der Waals surface area (Å²) in [5, 5.41) is 2.62. The van der Waals surface area contributed by atoms with Gasteiger partial charge in [-0.1, -0.05) is 12.1 Å². The number of nitrogens with zero attached hydrogens (tertiary/aromatic N) is 3. The van der Waals surface area contributed by atoms with Crippen LogP contribution in [0.2, 0.25) is 0 Å². The first-order chi connectivity index (χ1) is 15.5. The number of nitrogens with two attached hydrogens (primary N) is 1. The predicted octanol–water partition coefficient (Wildman–Crippen LogP) is 2.79. The second-order valence-electron chi connectivity index (χ2n) is 7.74. The maximum atomic E-state index is 14.7. The highest BCUT2D eigenvalue weighted by atomic mass is 19.1. The van der Waals surface area contributed by atoms with Gasteiger partial charge >= 0.3 is 0 Å². The maximum absolute atomic E-state index is 14.7. The average molecular weight is 437 g/mol. The van der Waals surface area contributed by atoms with Crippen LogP contribution >= 0.6 is 0 Å². The number of nitrogens with one attached hydrogen (secondary N) is 1. The monoisotopic (exact) mass is 437 g/mol.